The van der Waals surface area contributed by atoms with Crippen LogP contribution in [0.1, 0.15) is 27.2 Å². The minimum atomic E-state index is 0.292. The third kappa shape index (κ3) is 2.92. The van der Waals surface area contributed by atoms with E-state index in [1.54, 1.807) is 12.3 Å². The monoisotopic (exact) mass is 244 g/mol. The summed E-state index contributed by atoms with van der Waals surface area (Å²) in [5.41, 5.74) is 2.10. The van der Waals surface area contributed by atoms with Crippen LogP contribution in [0.4, 0.5) is 0 Å². The Morgan fingerprint density at radius 1 is 1.22 bits per heavy atom. The van der Waals surface area contributed by atoms with Gasteiger partial charge in [0.15, 0.2) is 0 Å². The van der Waals surface area contributed by atoms with Crippen LogP contribution in [-0.4, -0.2) is 14.7 Å². The van der Waals surface area contributed by atoms with Crippen molar-refractivity contribution in [3.63, 3.8) is 0 Å². The van der Waals surface area contributed by atoms with Gasteiger partial charge in [0, 0.05) is 12.1 Å². The van der Waals surface area contributed by atoms with Gasteiger partial charge in [-0.3, -0.25) is 0 Å². The lowest BCUT2D eigenvalue weighted by molar-refractivity contribution is 0.351. The number of hydrogen-bond acceptors (Lipinski definition) is 2. The van der Waals surface area contributed by atoms with Gasteiger partial charge in [0.1, 0.15) is 5.75 Å². The Hall–Kier alpha value is -1.77. The van der Waals surface area contributed by atoms with Gasteiger partial charge in [-0.2, -0.15) is 0 Å². The van der Waals surface area contributed by atoms with Gasteiger partial charge in [-0.25, -0.2) is 4.98 Å². The number of phenols is 1. The van der Waals surface area contributed by atoms with Gasteiger partial charge in [-0.15, -0.1) is 0 Å². The fraction of sp³-hybridized carbons (Fsp3) is 0.400. The van der Waals surface area contributed by atoms with Crippen LogP contribution in [0.3, 0.4) is 0 Å². The first kappa shape index (κ1) is 12.7. The molecule has 2 aromatic rings. The molecule has 1 N–H and O–H groups in total. The second-order valence-electron chi connectivity index (χ2n) is 5.80. The van der Waals surface area contributed by atoms with Crippen LogP contribution in [0.25, 0.3) is 11.3 Å². The molecule has 3 nitrogen and oxygen atoms in total. The lowest BCUT2D eigenvalue weighted by atomic mass is 9.92. The van der Waals surface area contributed by atoms with Crippen LogP contribution in [0.2, 0.25) is 0 Å². The van der Waals surface area contributed by atoms with E-state index in [0.717, 1.165) is 24.2 Å². The highest BCUT2D eigenvalue weighted by Crippen LogP contribution is 2.29. The number of aromatic nitrogens is 2. The Labute approximate surface area is 108 Å². The van der Waals surface area contributed by atoms with Crippen molar-refractivity contribution in [3.05, 3.63) is 36.8 Å². The first-order valence-electron chi connectivity index (χ1n) is 6.26. The van der Waals surface area contributed by atoms with E-state index in [1.165, 1.54) is 0 Å². The summed E-state index contributed by atoms with van der Waals surface area (Å²) in [4.78, 5) is 4.19. The number of aryl methyl sites for hydroxylation is 1. The quantitative estimate of drug-likeness (QED) is 0.894. The second kappa shape index (κ2) is 4.84. The molecule has 0 aliphatic heterocycles. The fourth-order valence-corrected chi connectivity index (χ4v) is 1.87. The van der Waals surface area contributed by atoms with Gasteiger partial charge in [0.05, 0.1) is 18.2 Å². The molecule has 0 bridgehead atoms. The molecule has 0 saturated heterocycles. The molecule has 96 valence electrons. The maximum absolute atomic E-state index is 9.89. The molecule has 0 unspecified atom stereocenters. The van der Waals surface area contributed by atoms with Crippen LogP contribution >= 0.6 is 0 Å². The highest BCUT2D eigenvalue weighted by Gasteiger charge is 2.13. The Balaban J connectivity index is 2.26. The van der Waals surface area contributed by atoms with Crippen LogP contribution in [-0.2, 0) is 6.54 Å². The summed E-state index contributed by atoms with van der Waals surface area (Å²) in [5, 5.41) is 9.89. The van der Waals surface area contributed by atoms with E-state index in [4.69, 9.17) is 0 Å². The topological polar surface area (TPSA) is 38.0 Å². The average molecular weight is 244 g/mol. The summed E-state index contributed by atoms with van der Waals surface area (Å²) in [5.74, 6) is 0.301. The number of hydrogen-bond donors (Lipinski definition) is 1. The molecule has 1 aromatic carbocycles. The zero-order chi connectivity index (χ0) is 13.2. The molecule has 0 atom stereocenters. The first-order valence-corrected chi connectivity index (χ1v) is 6.26. The summed E-state index contributed by atoms with van der Waals surface area (Å²) in [6.45, 7) is 7.59. The van der Waals surface area contributed by atoms with Crippen molar-refractivity contribution >= 4 is 0 Å². The molecule has 1 aromatic heterocycles. The number of imidazole rings is 1. The number of phenolic OH excluding ortho intramolecular Hbond substituents is 1. The van der Waals surface area contributed by atoms with Gasteiger partial charge >= 0.3 is 0 Å². The molecular weight excluding hydrogens is 224 g/mol. The van der Waals surface area contributed by atoms with Crippen LogP contribution in [0, 0.1) is 5.41 Å². The van der Waals surface area contributed by atoms with Gasteiger partial charge in [0.2, 0.25) is 0 Å². The van der Waals surface area contributed by atoms with E-state index in [2.05, 4.69) is 30.3 Å². The fourth-order valence-electron chi connectivity index (χ4n) is 1.87. The molecular formula is C15H20N2O. The van der Waals surface area contributed by atoms with Gasteiger partial charge in [-0.1, -0.05) is 32.9 Å². The largest absolute Gasteiger partial charge is 0.507 e. The number of nitrogens with zero attached hydrogens (tertiary/aromatic N) is 2. The molecule has 0 aliphatic carbocycles. The summed E-state index contributed by atoms with van der Waals surface area (Å²) < 4.78 is 2.10. The smallest absolute Gasteiger partial charge is 0.124 e. The molecule has 1 heterocycles. The van der Waals surface area contributed by atoms with Crippen molar-refractivity contribution in [3.8, 4) is 17.0 Å². The lowest BCUT2D eigenvalue weighted by Crippen LogP contribution is -2.10. The maximum atomic E-state index is 9.89. The summed E-state index contributed by atoms with van der Waals surface area (Å²) >= 11 is 0. The molecule has 3 heteroatoms. The Morgan fingerprint density at radius 2 is 1.94 bits per heavy atom. The van der Waals surface area contributed by atoms with Crippen LogP contribution < -0.4 is 0 Å². The maximum Gasteiger partial charge on any atom is 0.124 e. The molecule has 0 amide bonds. The van der Waals surface area contributed by atoms with Crippen molar-refractivity contribution in [2.75, 3.05) is 0 Å². The van der Waals surface area contributed by atoms with Crippen molar-refractivity contribution in [1.82, 2.24) is 9.55 Å². The van der Waals surface area contributed by atoms with E-state index in [0.29, 0.717) is 11.2 Å². The minimum Gasteiger partial charge on any atom is -0.507 e. The molecule has 0 radical (unpaired) electrons. The summed E-state index contributed by atoms with van der Waals surface area (Å²) in [6.07, 6.45) is 4.70. The van der Waals surface area contributed by atoms with Gasteiger partial charge in [0.25, 0.3) is 0 Å². The predicted octanol–water partition coefficient (Wildman–Crippen LogP) is 3.69. The second-order valence-corrected chi connectivity index (χ2v) is 5.80. The minimum absolute atomic E-state index is 0.292. The highest BCUT2D eigenvalue weighted by molar-refractivity contribution is 5.66. The number of benzene rings is 1. The van der Waals surface area contributed by atoms with Crippen molar-refractivity contribution in [2.45, 2.75) is 33.7 Å². The van der Waals surface area contributed by atoms with Crippen molar-refractivity contribution in [1.29, 1.82) is 0 Å². The predicted molar refractivity (Wildman–Crippen MR) is 73.4 cm³/mol. The lowest BCUT2D eigenvalue weighted by Gasteiger charge is -2.19. The number of rotatable bonds is 3. The molecule has 2 rings (SSSR count). The normalized spacial score (nSPS) is 11.7. The van der Waals surface area contributed by atoms with Crippen molar-refractivity contribution in [2.24, 2.45) is 5.41 Å². The third-order valence-corrected chi connectivity index (χ3v) is 3.00. The first-order chi connectivity index (χ1) is 8.47. The van der Waals surface area contributed by atoms with E-state index in [-0.39, 0.29) is 0 Å². The standard InChI is InChI=1S/C15H20N2O/c1-15(2,3)8-9-17-11-16-10-13(17)12-6-4-5-7-14(12)18/h4-7,10-11,18H,8-9H2,1-3H3. The molecule has 18 heavy (non-hydrogen) atoms. The van der Waals surface area contributed by atoms with Gasteiger partial charge in [-0.05, 0) is 24.0 Å². The zero-order valence-corrected chi connectivity index (χ0v) is 11.2. The van der Waals surface area contributed by atoms with Crippen LogP contribution in [0.15, 0.2) is 36.8 Å². The molecule has 0 fully saturated rings. The number of aromatic hydroxyl groups is 1. The average Bonchev–Trinajstić information content (AvgIpc) is 2.74. The highest BCUT2D eigenvalue weighted by atomic mass is 16.3. The number of para-hydroxylation sites is 1. The SMILES string of the molecule is CC(C)(C)CCn1cncc1-c1ccccc1O. The van der Waals surface area contributed by atoms with E-state index < -0.39 is 0 Å². The van der Waals surface area contributed by atoms with Crippen LogP contribution in [0.5, 0.6) is 5.75 Å². The van der Waals surface area contributed by atoms with Crippen molar-refractivity contribution < 1.29 is 5.11 Å². The Morgan fingerprint density at radius 3 is 2.61 bits per heavy atom. The van der Waals surface area contributed by atoms with E-state index >= 15 is 0 Å². The Kier molecular flexibility index (Phi) is 3.41. The molecule has 0 saturated carbocycles. The molecule has 0 aliphatic rings. The Bertz CT molecular complexity index is 523. The molecule has 0 spiro atoms. The zero-order valence-electron chi connectivity index (χ0n) is 11.2. The van der Waals surface area contributed by atoms with E-state index in [9.17, 15) is 5.11 Å². The van der Waals surface area contributed by atoms with E-state index in [1.807, 2.05) is 24.5 Å². The summed E-state index contributed by atoms with van der Waals surface area (Å²) in [7, 11) is 0. The van der Waals surface area contributed by atoms with Gasteiger partial charge < -0.3 is 9.67 Å². The summed E-state index contributed by atoms with van der Waals surface area (Å²) in [6, 6.07) is 7.38. The third-order valence-electron chi connectivity index (χ3n) is 3.00.